The van der Waals surface area contributed by atoms with E-state index >= 15 is 0 Å². The van der Waals surface area contributed by atoms with E-state index in [4.69, 9.17) is 5.26 Å². The number of rotatable bonds is 2. The molecule has 1 fully saturated rings. The Morgan fingerprint density at radius 2 is 1.92 bits per heavy atom. The van der Waals surface area contributed by atoms with Crippen LogP contribution in [-0.4, -0.2) is 11.8 Å². The molecule has 1 aliphatic rings. The molecule has 1 rings (SSSR count). The summed E-state index contributed by atoms with van der Waals surface area (Å²) in [6.45, 7) is 4.07. The minimum Gasteiger partial charge on any atom is -0.275 e. The third kappa shape index (κ3) is 3.18. The van der Waals surface area contributed by atoms with Crippen LogP contribution in [0.4, 0.5) is 0 Å². The maximum absolute atomic E-state index is 8.85. The minimum atomic E-state index is 0.284. The van der Waals surface area contributed by atoms with Gasteiger partial charge >= 0.3 is 0 Å². The Hall–Kier alpha value is -0.840. The van der Waals surface area contributed by atoms with E-state index < -0.39 is 0 Å². The second kappa shape index (κ2) is 5.01. The van der Waals surface area contributed by atoms with E-state index in [1.807, 2.05) is 13.8 Å². The zero-order valence-corrected chi connectivity index (χ0v) is 8.58. The van der Waals surface area contributed by atoms with Gasteiger partial charge in [-0.25, -0.2) is 0 Å². The van der Waals surface area contributed by atoms with E-state index in [1.54, 1.807) is 0 Å². The Balaban J connectivity index is 2.56. The summed E-state index contributed by atoms with van der Waals surface area (Å²) in [6.07, 6.45) is 6.27. The van der Waals surface area contributed by atoms with Gasteiger partial charge in [0.1, 0.15) is 11.8 Å². The van der Waals surface area contributed by atoms with Crippen LogP contribution in [0.2, 0.25) is 0 Å². The van der Waals surface area contributed by atoms with Gasteiger partial charge in [0, 0.05) is 5.92 Å². The van der Waals surface area contributed by atoms with Crippen LogP contribution in [-0.2, 0) is 0 Å². The first-order valence-corrected chi connectivity index (χ1v) is 5.22. The number of hydrogen-bond donors (Lipinski definition) is 0. The molecule has 0 unspecified atom stereocenters. The lowest BCUT2D eigenvalue weighted by Gasteiger charge is -2.18. The zero-order chi connectivity index (χ0) is 9.68. The van der Waals surface area contributed by atoms with Crippen LogP contribution >= 0.6 is 0 Å². The molecule has 0 aliphatic heterocycles. The highest BCUT2D eigenvalue weighted by molar-refractivity contribution is 5.99. The summed E-state index contributed by atoms with van der Waals surface area (Å²) in [5.74, 6) is 0.284. The van der Waals surface area contributed by atoms with Gasteiger partial charge in [-0.3, -0.25) is 4.99 Å². The van der Waals surface area contributed by atoms with E-state index in [9.17, 15) is 0 Å². The first-order valence-electron chi connectivity index (χ1n) is 5.22. The molecular weight excluding hydrogens is 160 g/mol. The predicted molar refractivity (Wildman–Crippen MR) is 54.8 cm³/mol. The van der Waals surface area contributed by atoms with Crippen LogP contribution in [0.1, 0.15) is 46.0 Å². The summed E-state index contributed by atoms with van der Waals surface area (Å²) >= 11 is 0. The zero-order valence-electron chi connectivity index (χ0n) is 8.58. The number of nitrogens with zero attached hydrogens (tertiary/aromatic N) is 2. The summed E-state index contributed by atoms with van der Waals surface area (Å²) < 4.78 is 0. The van der Waals surface area contributed by atoms with Crippen LogP contribution in [0.3, 0.4) is 0 Å². The van der Waals surface area contributed by atoms with Crippen molar-refractivity contribution in [2.75, 3.05) is 0 Å². The molecule has 0 bridgehead atoms. The van der Waals surface area contributed by atoms with Crippen LogP contribution < -0.4 is 0 Å². The summed E-state index contributed by atoms with van der Waals surface area (Å²) in [4.78, 5) is 4.51. The molecule has 13 heavy (non-hydrogen) atoms. The molecule has 1 aliphatic carbocycles. The molecule has 0 aromatic carbocycles. The summed E-state index contributed by atoms with van der Waals surface area (Å²) in [5, 5.41) is 8.85. The predicted octanol–water partition coefficient (Wildman–Crippen LogP) is 2.94. The fourth-order valence-corrected chi connectivity index (χ4v) is 1.71. The molecule has 1 saturated carbocycles. The Labute approximate surface area is 80.7 Å². The van der Waals surface area contributed by atoms with Gasteiger partial charge in [0.15, 0.2) is 0 Å². The van der Waals surface area contributed by atoms with E-state index in [0.29, 0.717) is 6.04 Å². The van der Waals surface area contributed by atoms with Crippen molar-refractivity contribution < 1.29 is 0 Å². The van der Waals surface area contributed by atoms with Gasteiger partial charge in [-0.1, -0.05) is 33.1 Å². The molecule has 72 valence electrons. The normalized spacial score (nSPS) is 20.3. The lowest BCUT2D eigenvalue weighted by molar-refractivity contribution is 0.442. The van der Waals surface area contributed by atoms with Crippen molar-refractivity contribution in [2.24, 2.45) is 10.9 Å². The fourth-order valence-electron chi connectivity index (χ4n) is 1.71. The lowest BCUT2D eigenvalue weighted by atomic mass is 9.95. The smallest absolute Gasteiger partial charge is 0.115 e. The van der Waals surface area contributed by atoms with Crippen LogP contribution in [0.25, 0.3) is 0 Å². The van der Waals surface area contributed by atoms with Crippen molar-refractivity contribution in [3.05, 3.63) is 0 Å². The second-order valence-electron chi connectivity index (χ2n) is 4.07. The SMILES string of the molecule is CC(C)C(C#N)=NC1CCCCC1. The number of aliphatic imine (C=N–C) groups is 1. The van der Waals surface area contributed by atoms with Gasteiger partial charge in [-0.2, -0.15) is 5.26 Å². The van der Waals surface area contributed by atoms with Gasteiger partial charge in [-0.05, 0) is 12.8 Å². The van der Waals surface area contributed by atoms with Gasteiger partial charge < -0.3 is 0 Å². The third-order valence-corrected chi connectivity index (χ3v) is 2.56. The molecule has 0 N–H and O–H groups in total. The average Bonchev–Trinajstić information content (AvgIpc) is 2.15. The Morgan fingerprint density at radius 1 is 1.31 bits per heavy atom. The summed E-state index contributed by atoms with van der Waals surface area (Å²) in [7, 11) is 0. The molecular formula is C11H18N2. The molecule has 2 nitrogen and oxygen atoms in total. The van der Waals surface area contributed by atoms with Gasteiger partial charge in [-0.15, -0.1) is 0 Å². The van der Waals surface area contributed by atoms with Gasteiger partial charge in [0.2, 0.25) is 0 Å². The fraction of sp³-hybridized carbons (Fsp3) is 0.818. The molecule has 0 saturated heterocycles. The van der Waals surface area contributed by atoms with E-state index in [0.717, 1.165) is 5.71 Å². The Kier molecular flexibility index (Phi) is 3.95. The van der Waals surface area contributed by atoms with E-state index in [2.05, 4.69) is 11.1 Å². The molecule has 0 aromatic rings. The summed E-state index contributed by atoms with van der Waals surface area (Å²) in [5.41, 5.74) is 0.729. The van der Waals surface area contributed by atoms with Crippen molar-refractivity contribution in [1.82, 2.24) is 0 Å². The lowest BCUT2D eigenvalue weighted by Crippen LogP contribution is -2.15. The van der Waals surface area contributed by atoms with Crippen molar-refractivity contribution in [1.29, 1.82) is 5.26 Å². The Morgan fingerprint density at radius 3 is 2.38 bits per heavy atom. The van der Waals surface area contributed by atoms with E-state index in [-0.39, 0.29) is 5.92 Å². The molecule has 0 aromatic heterocycles. The van der Waals surface area contributed by atoms with Crippen LogP contribution in [0, 0.1) is 17.2 Å². The van der Waals surface area contributed by atoms with Crippen LogP contribution in [0.5, 0.6) is 0 Å². The molecule has 0 spiro atoms. The number of nitriles is 1. The highest BCUT2D eigenvalue weighted by atomic mass is 14.8. The monoisotopic (exact) mass is 178 g/mol. The standard InChI is InChI=1S/C11H18N2/c1-9(2)11(8-12)13-10-6-4-3-5-7-10/h9-10H,3-7H2,1-2H3. The maximum Gasteiger partial charge on any atom is 0.115 e. The first-order chi connectivity index (χ1) is 6.24. The highest BCUT2D eigenvalue weighted by Crippen LogP contribution is 2.20. The molecule has 0 amide bonds. The molecule has 0 heterocycles. The number of hydrogen-bond acceptors (Lipinski definition) is 2. The molecule has 0 radical (unpaired) electrons. The average molecular weight is 178 g/mol. The van der Waals surface area contributed by atoms with Gasteiger partial charge in [0.25, 0.3) is 0 Å². The first kappa shape index (κ1) is 10.2. The highest BCUT2D eigenvalue weighted by Gasteiger charge is 2.14. The summed E-state index contributed by atoms with van der Waals surface area (Å²) in [6, 6.07) is 2.63. The van der Waals surface area contributed by atoms with E-state index in [1.165, 1.54) is 32.1 Å². The minimum absolute atomic E-state index is 0.284. The maximum atomic E-state index is 8.85. The molecule has 2 heteroatoms. The Bertz CT molecular complexity index is 217. The quantitative estimate of drug-likeness (QED) is 0.599. The largest absolute Gasteiger partial charge is 0.275 e. The van der Waals surface area contributed by atoms with Crippen molar-refractivity contribution in [3.63, 3.8) is 0 Å². The van der Waals surface area contributed by atoms with Crippen molar-refractivity contribution in [3.8, 4) is 6.07 Å². The van der Waals surface area contributed by atoms with Crippen molar-refractivity contribution >= 4 is 5.71 Å². The van der Waals surface area contributed by atoms with Gasteiger partial charge in [0.05, 0.1) is 6.04 Å². The van der Waals surface area contributed by atoms with Crippen molar-refractivity contribution in [2.45, 2.75) is 52.0 Å². The third-order valence-electron chi connectivity index (χ3n) is 2.56. The van der Waals surface area contributed by atoms with Crippen LogP contribution in [0.15, 0.2) is 4.99 Å². The topological polar surface area (TPSA) is 36.1 Å². The second-order valence-corrected chi connectivity index (χ2v) is 4.07. The molecule has 0 atom stereocenters.